The minimum atomic E-state index is -0.532. The number of benzene rings is 2. The molecule has 2 amide bonds. The molecule has 1 aromatic heterocycles. The molecule has 11 nitrogen and oxygen atoms in total. The van der Waals surface area contributed by atoms with Crippen molar-refractivity contribution in [2.75, 3.05) is 45.5 Å². The molecule has 0 bridgehead atoms. The van der Waals surface area contributed by atoms with Gasteiger partial charge in [0.1, 0.15) is 17.1 Å². The van der Waals surface area contributed by atoms with Gasteiger partial charge in [0.05, 0.1) is 31.2 Å². The quantitative estimate of drug-likeness (QED) is 0.188. The van der Waals surface area contributed by atoms with Gasteiger partial charge in [-0.1, -0.05) is 26.8 Å². The summed E-state index contributed by atoms with van der Waals surface area (Å²) in [5, 5.41) is 1.16. The Morgan fingerprint density at radius 2 is 1.62 bits per heavy atom. The lowest BCUT2D eigenvalue weighted by Crippen LogP contribution is -2.39. The van der Waals surface area contributed by atoms with Crippen LogP contribution in [0.25, 0.3) is 0 Å². The average Bonchev–Trinajstić information content (AvgIpc) is 3.26. The number of pyridine rings is 1. The highest BCUT2D eigenvalue weighted by atomic mass is 16.7. The van der Waals surface area contributed by atoms with E-state index < -0.39 is 17.5 Å². The molecule has 3 aromatic rings. The van der Waals surface area contributed by atoms with Gasteiger partial charge in [0.25, 0.3) is 5.91 Å². The Hall–Kier alpha value is -4.48. The van der Waals surface area contributed by atoms with Crippen LogP contribution in [0.4, 0.5) is 10.5 Å². The van der Waals surface area contributed by atoms with E-state index in [1.807, 2.05) is 66.7 Å². The number of nitrogens with zero attached hydrogens (tertiary/aromatic N) is 4. The minimum Gasteiger partial charge on any atom is -0.465 e. The van der Waals surface area contributed by atoms with E-state index in [0.717, 1.165) is 34.8 Å². The number of aryl methyl sites for hydroxylation is 1. The number of carbonyl (C=O) groups is 3. The van der Waals surface area contributed by atoms with Crippen LogP contribution < -0.4 is 9.80 Å². The van der Waals surface area contributed by atoms with Crippen molar-refractivity contribution in [3.63, 3.8) is 0 Å². The number of hydrogen-bond donors (Lipinski definition) is 0. The maximum absolute atomic E-state index is 13.8. The van der Waals surface area contributed by atoms with E-state index in [0.29, 0.717) is 54.5 Å². The molecular formula is C37H48N4O7. The molecule has 1 aliphatic heterocycles. The Morgan fingerprint density at radius 3 is 2.29 bits per heavy atom. The molecule has 0 unspecified atom stereocenters. The molecular weight excluding hydrogens is 612 g/mol. The number of methoxy groups -OCH3 is 1. The van der Waals surface area contributed by atoms with Crippen LogP contribution in [0.15, 0.2) is 54.7 Å². The molecule has 1 saturated heterocycles. The van der Waals surface area contributed by atoms with E-state index in [9.17, 15) is 14.4 Å². The Bertz CT molecular complexity index is 1630. The van der Waals surface area contributed by atoms with Crippen LogP contribution in [0.5, 0.6) is 11.5 Å². The summed E-state index contributed by atoms with van der Waals surface area (Å²) in [5.41, 5.74) is 2.74. The van der Waals surface area contributed by atoms with E-state index in [1.165, 1.54) is 14.2 Å². The molecule has 258 valence electrons. The first-order chi connectivity index (χ1) is 22.6. The average molecular weight is 661 g/mol. The van der Waals surface area contributed by atoms with Crippen molar-refractivity contribution in [1.29, 1.82) is 0 Å². The van der Waals surface area contributed by atoms with Gasteiger partial charge in [-0.15, -0.1) is 0 Å². The van der Waals surface area contributed by atoms with Crippen molar-refractivity contribution in [3.8, 4) is 11.5 Å². The largest absolute Gasteiger partial charge is 0.465 e. The Labute approximate surface area is 283 Å². The highest BCUT2D eigenvalue weighted by molar-refractivity contribution is 6.05. The SMILES string of the molecule is COC(=O)c1cc(N(OC)C(=O)c2ccc(C)c(Oc3ccnc(CN4CCCN(C(=O)OC(C)(C)C)CC4)c3)c2)cc(C(C)(C)C)c1. The first-order valence-electron chi connectivity index (χ1n) is 16.1. The van der Waals surface area contributed by atoms with E-state index in [4.69, 9.17) is 19.0 Å². The highest BCUT2D eigenvalue weighted by Crippen LogP contribution is 2.31. The number of hydrogen-bond acceptors (Lipinski definition) is 9. The summed E-state index contributed by atoms with van der Waals surface area (Å²) in [6.45, 7) is 16.9. The third-order valence-corrected chi connectivity index (χ3v) is 7.88. The molecule has 1 fully saturated rings. The number of ether oxygens (including phenoxy) is 3. The number of aromatic nitrogens is 1. The summed E-state index contributed by atoms with van der Waals surface area (Å²) in [5.74, 6) is 0.158. The number of hydroxylamine groups is 1. The van der Waals surface area contributed by atoms with Gasteiger partial charge in [-0.05, 0) is 87.1 Å². The monoisotopic (exact) mass is 660 g/mol. The van der Waals surface area contributed by atoms with Crippen LogP contribution >= 0.6 is 0 Å². The van der Waals surface area contributed by atoms with Gasteiger partial charge in [-0.3, -0.25) is 19.5 Å². The summed E-state index contributed by atoms with van der Waals surface area (Å²) < 4.78 is 16.8. The van der Waals surface area contributed by atoms with Gasteiger partial charge < -0.3 is 19.1 Å². The minimum absolute atomic E-state index is 0.285. The second-order valence-electron chi connectivity index (χ2n) is 14.0. The Balaban J connectivity index is 1.50. The fourth-order valence-electron chi connectivity index (χ4n) is 5.26. The summed E-state index contributed by atoms with van der Waals surface area (Å²) in [6, 6.07) is 14.0. The molecule has 4 rings (SSSR count). The maximum atomic E-state index is 13.8. The third kappa shape index (κ3) is 9.54. The molecule has 0 N–H and O–H groups in total. The molecule has 0 saturated carbocycles. The number of anilines is 1. The normalized spacial score (nSPS) is 14.2. The predicted octanol–water partition coefficient (Wildman–Crippen LogP) is 6.92. The van der Waals surface area contributed by atoms with Crippen molar-refractivity contribution in [2.24, 2.45) is 0 Å². The number of esters is 1. The number of rotatable bonds is 8. The first kappa shape index (κ1) is 36.4. The van der Waals surface area contributed by atoms with Crippen LogP contribution in [-0.4, -0.2) is 78.8 Å². The summed E-state index contributed by atoms with van der Waals surface area (Å²) in [6.07, 6.45) is 2.25. The highest BCUT2D eigenvalue weighted by Gasteiger charge is 2.26. The summed E-state index contributed by atoms with van der Waals surface area (Å²) in [7, 11) is 2.73. The molecule has 48 heavy (non-hydrogen) atoms. The van der Waals surface area contributed by atoms with Gasteiger partial charge in [0.15, 0.2) is 0 Å². The predicted molar refractivity (Wildman–Crippen MR) is 183 cm³/mol. The Morgan fingerprint density at radius 1 is 0.875 bits per heavy atom. The number of amides is 2. The van der Waals surface area contributed by atoms with Crippen molar-refractivity contribution in [3.05, 3.63) is 82.7 Å². The first-order valence-corrected chi connectivity index (χ1v) is 16.1. The van der Waals surface area contributed by atoms with Crippen molar-refractivity contribution in [1.82, 2.24) is 14.8 Å². The molecule has 0 radical (unpaired) electrons. The van der Waals surface area contributed by atoms with Crippen molar-refractivity contribution in [2.45, 2.75) is 72.4 Å². The lowest BCUT2D eigenvalue weighted by molar-refractivity contribution is 0.0257. The van der Waals surface area contributed by atoms with Gasteiger partial charge in [-0.2, -0.15) is 5.06 Å². The van der Waals surface area contributed by atoms with Crippen LogP contribution in [0, 0.1) is 6.92 Å². The van der Waals surface area contributed by atoms with Crippen molar-refractivity contribution >= 4 is 23.7 Å². The van der Waals surface area contributed by atoms with E-state index in [-0.39, 0.29) is 11.5 Å². The molecule has 0 spiro atoms. The topological polar surface area (TPSA) is 111 Å². The smallest absolute Gasteiger partial charge is 0.410 e. The summed E-state index contributed by atoms with van der Waals surface area (Å²) >= 11 is 0. The van der Waals surface area contributed by atoms with Gasteiger partial charge in [-0.25, -0.2) is 9.59 Å². The van der Waals surface area contributed by atoms with E-state index >= 15 is 0 Å². The summed E-state index contributed by atoms with van der Waals surface area (Å²) in [4.78, 5) is 53.0. The van der Waals surface area contributed by atoms with Crippen LogP contribution in [-0.2, 0) is 26.3 Å². The molecule has 0 aliphatic carbocycles. The van der Waals surface area contributed by atoms with Crippen LogP contribution in [0.1, 0.15) is 85.5 Å². The zero-order valence-electron chi connectivity index (χ0n) is 29.6. The molecule has 0 atom stereocenters. The Kier molecular flexibility index (Phi) is 11.5. The van der Waals surface area contributed by atoms with Crippen LogP contribution in [0.3, 0.4) is 0 Å². The fraction of sp³-hybridized carbons (Fsp3) is 0.459. The second kappa shape index (κ2) is 15.2. The standard InChI is InChI=1S/C37H48N4O7/c1-25-11-12-26(33(42)41(46-9)30-20-27(34(43)45-8)19-28(22-30)36(2,3)4)21-32(25)47-31-13-14-38-29(23-31)24-39-15-10-16-40(18-17-39)35(44)48-37(5,6)7/h11-14,19-23H,10,15-18,24H2,1-9H3. The fourth-order valence-corrected chi connectivity index (χ4v) is 5.26. The lowest BCUT2D eigenvalue weighted by Gasteiger charge is -2.26. The third-order valence-electron chi connectivity index (χ3n) is 7.88. The van der Waals surface area contributed by atoms with Crippen molar-refractivity contribution < 1.29 is 33.4 Å². The zero-order valence-corrected chi connectivity index (χ0v) is 29.6. The molecule has 2 heterocycles. The second-order valence-corrected chi connectivity index (χ2v) is 14.0. The number of carbonyl (C=O) groups excluding carboxylic acids is 3. The lowest BCUT2D eigenvalue weighted by atomic mass is 9.85. The molecule has 11 heteroatoms. The van der Waals surface area contributed by atoms with Gasteiger partial charge >= 0.3 is 12.1 Å². The van der Waals surface area contributed by atoms with Gasteiger partial charge in [0.2, 0.25) is 0 Å². The van der Waals surface area contributed by atoms with E-state index in [1.54, 1.807) is 41.4 Å². The zero-order chi connectivity index (χ0) is 35.2. The molecule has 2 aromatic carbocycles. The maximum Gasteiger partial charge on any atom is 0.410 e. The van der Waals surface area contributed by atoms with Crippen LogP contribution in [0.2, 0.25) is 0 Å². The van der Waals surface area contributed by atoms with Gasteiger partial charge in [0, 0.05) is 50.6 Å². The molecule has 1 aliphatic rings. The van der Waals surface area contributed by atoms with E-state index in [2.05, 4.69) is 9.88 Å².